The fraction of sp³-hybridized carbons (Fsp3) is 0.200. The largest absolute Gasteiger partial charge is 0.483 e. The van der Waals surface area contributed by atoms with Gasteiger partial charge in [-0.25, -0.2) is 0 Å². The first kappa shape index (κ1) is 38.1. The zero-order chi connectivity index (χ0) is 36.1. The van der Waals surface area contributed by atoms with Crippen LogP contribution < -0.4 is 29.2 Å². The second-order valence-corrected chi connectivity index (χ2v) is 11.6. The molecular weight excluding hydrogens is 664 g/mol. The molecule has 51 heavy (non-hydrogen) atoms. The van der Waals surface area contributed by atoms with Gasteiger partial charge in [-0.05, 0) is 36.3 Å². The van der Waals surface area contributed by atoms with E-state index in [2.05, 4.69) is 25.7 Å². The summed E-state index contributed by atoms with van der Waals surface area (Å²) in [5.74, 6) is 2.50. The minimum Gasteiger partial charge on any atom is -0.483 e. The average molecular weight is 707 g/mol. The van der Waals surface area contributed by atoms with Crippen molar-refractivity contribution in [2.45, 2.75) is 26.4 Å². The third-order valence-corrected chi connectivity index (χ3v) is 6.97. The highest BCUT2D eigenvalue weighted by Crippen LogP contribution is 2.29. The van der Waals surface area contributed by atoms with Crippen molar-refractivity contribution >= 4 is 17.4 Å². The van der Waals surface area contributed by atoms with Crippen LogP contribution in [0.2, 0.25) is 5.15 Å². The molecule has 0 aliphatic carbocycles. The third kappa shape index (κ3) is 13.6. The molecule has 0 saturated carbocycles. The fourth-order valence-electron chi connectivity index (χ4n) is 4.24. The van der Waals surface area contributed by atoms with E-state index >= 15 is 0 Å². The van der Waals surface area contributed by atoms with Gasteiger partial charge in [0.25, 0.3) is 11.8 Å². The molecule has 2 heterocycles. The number of nitrogens with zero attached hydrogens (tertiary/aromatic N) is 5. The lowest BCUT2D eigenvalue weighted by molar-refractivity contribution is 0.244. The first-order valence-corrected chi connectivity index (χ1v) is 16.7. The van der Waals surface area contributed by atoms with Crippen molar-refractivity contribution in [1.29, 1.82) is 0 Å². The summed E-state index contributed by atoms with van der Waals surface area (Å²) in [5, 5.41) is 19.2. The molecule has 0 amide bonds. The number of anilines is 1. The van der Waals surface area contributed by atoms with E-state index < -0.39 is 0 Å². The molecule has 0 atom stereocenters. The summed E-state index contributed by atoms with van der Waals surface area (Å²) in [5.41, 5.74) is 4.24. The number of ether oxygens (including phenoxy) is 4. The molecule has 10 nitrogen and oxygen atoms in total. The number of nitrogens with one attached hydrogen (secondary N) is 1. The van der Waals surface area contributed by atoms with Gasteiger partial charge in [0, 0.05) is 26.2 Å². The van der Waals surface area contributed by atoms with Gasteiger partial charge in [0.1, 0.15) is 26.4 Å². The molecule has 0 radical (unpaired) electrons. The molecule has 0 bridgehead atoms. The monoisotopic (exact) mass is 706 g/mol. The third-order valence-electron chi connectivity index (χ3n) is 6.78. The zero-order valence-corrected chi connectivity index (χ0v) is 30.0. The lowest BCUT2D eigenvalue weighted by Crippen LogP contribution is -2.12. The number of rotatable bonds is 13. The summed E-state index contributed by atoms with van der Waals surface area (Å²) in [6, 6.07) is 43.1. The Morgan fingerprint density at radius 2 is 0.824 bits per heavy atom. The topological polar surface area (TPSA) is 104 Å². The first-order valence-electron chi connectivity index (χ1n) is 16.3. The highest BCUT2D eigenvalue weighted by Gasteiger charge is 2.13. The molecule has 0 fully saturated rings. The molecule has 264 valence electrons. The smallest absolute Gasteiger partial charge is 0.276 e. The number of halogens is 1. The Hall–Kier alpha value is -5.71. The van der Waals surface area contributed by atoms with E-state index in [1.54, 1.807) is 6.07 Å². The van der Waals surface area contributed by atoms with Crippen LogP contribution in [0.4, 0.5) is 5.82 Å². The number of aromatic nitrogens is 4. The maximum absolute atomic E-state index is 5.95. The number of hydrogen-bond acceptors (Lipinski definition) is 10. The van der Waals surface area contributed by atoms with E-state index in [1.165, 1.54) is 0 Å². The standard InChI is InChI=1S/C20H21N3O2.C18H15ClN2O2.C2H7N/c1-23(2)19-13-18(24-14-16-9-5-3-6-10-16)20(22-21-19)25-15-17-11-7-4-8-12-17;19-17-11-16(22-12-14-7-3-1-4-8-14)18(21-20-17)23-13-15-9-5-2-6-10-15;1-3-2/h3-13H,14-15H2,1-2H3;1-11H,12-13H2;3H,1-2H3. The Labute approximate surface area is 305 Å². The van der Waals surface area contributed by atoms with Gasteiger partial charge < -0.3 is 29.2 Å². The normalized spacial score (nSPS) is 10.1. The number of hydrogen-bond donors (Lipinski definition) is 1. The van der Waals surface area contributed by atoms with Crippen molar-refractivity contribution in [2.75, 3.05) is 33.1 Å². The van der Waals surface area contributed by atoms with Crippen LogP contribution in [0.1, 0.15) is 22.3 Å². The Kier molecular flexibility index (Phi) is 16.0. The van der Waals surface area contributed by atoms with Crippen molar-refractivity contribution in [3.05, 3.63) is 161 Å². The summed E-state index contributed by atoms with van der Waals surface area (Å²) < 4.78 is 23.3. The minimum absolute atomic E-state index is 0.264. The molecule has 0 aliphatic heterocycles. The van der Waals surface area contributed by atoms with Gasteiger partial charge >= 0.3 is 0 Å². The average Bonchev–Trinajstić information content (AvgIpc) is 3.17. The Morgan fingerprint density at radius 3 is 1.20 bits per heavy atom. The number of benzene rings is 4. The second kappa shape index (κ2) is 21.4. The first-order chi connectivity index (χ1) is 24.9. The van der Waals surface area contributed by atoms with E-state index in [-0.39, 0.29) is 5.15 Å². The van der Waals surface area contributed by atoms with Crippen LogP contribution in [0.15, 0.2) is 133 Å². The molecule has 0 spiro atoms. The summed E-state index contributed by atoms with van der Waals surface area (Å²) in [7, 11) is 7.57. The Morgan fingerprint density at radius 1 is 0.490 bits per heavy atom. The minimum atomic E-state index is 0.264. The fourth-order valence-corrected chi connectivity index (χ4v) is 4.38. The molecule has 4 aromatic carbocycles. The van der Waals surface area contributed by atoms with Gasteiger partial charge in [0.2, 0.25) is 0 Å². The second-order valence-electron chi connectivity index (χ2n) is 11.2. The van der Waals surface area contributed by atoms with Crippen molar-refractivity contribution in [3.63, 3.8) is 0 Å². The van der Waals surface area contributed by atoms with Crippen LogP contribution in [-0.2, 0) is 26.4 Å². The molecule has 6 rings (SSSR count). The molecule has 6 aromatic rings. The van der Waals surface area contributed by atoms with Crippen LogP contribution in [0, 0.1) is 0 Å². The predicted octanol–water partition coefficient (Wildman–Crippen LogP) is 7.82. The molecular formula is C40H43ClN6O4. The van der Waals surface area contributed by atoms with Crippen molar-refractivity contribution < 1.29 is 18.9 Å². The molecule has 1 N–H and O–H groups in total. The van der Waals surface area contributed by atoms with E-state index in [9.17, 15) is 0 Å². The van der Waals surface area contributed by atoms with E-state index in [0.717, 1.165) is 28.1 Å². The van der Waals surface area contributed by atoms with Gasteiger partial charge in [-0.15, -0.1) is 20.4 Å². The van der Waals surface area contributed by atoms with Crippen LogP contribution >= 0.6 is 11.6 Å². The van der Waals surface area contributed by atoms with Crippen molar-refractivity contribution in [2.24, 2.45) is 0 Å². The van der Waals surface area contributed by atoms with Gasteiger partial charge in [-0.2, -0.15) is 0 Å². The van der Waals surface area contributed by atoms with Crippen LogP contribution in [0.25, 0.3) is 0 Å². The lowest BCUT2D eigenvalue weighted by Gasteiger charge is -2.15. The summed E-state index contributed by atoms with van der Waals surface area (Å²) in [6.45, 7) is 1.66. The lowest BCUT2D eigenvalue weighted by atomic mass is 10.2. The van der Waals surface area contributed by atoms with Gasteiger partial charge in [0.15, 0.2) is 22.5 Å². The maximum Gasteiger partial charge on any atom is 0.276 e. The Balaban J connectivity index is 0.000000213. The molecule has 11 heteroatoms. The van der Waals surface area contributed by atoms with Gasteiger partial charge in [0.05, 0.1) is 0 Å². The summed E-state index contributed by atoms with van der Waals surface area (Å²) >= 11 is 5.91. The van der Waals surface area contributed by atoms with Gasteiger partial charge in [-0.1, -0.05) is 133 Å². The van der Waals surface area contributed by atoms with E-state index in [0.29, 0.717) is 49.7 Å². The van der Waals surface area contributed by atoms with Crippen LogP contribution in [0.3, 0.4) is 0 Å². The summed E-state index contributed by atoms with van der Waals surface area (Å²) in [6.07, 6.45) is 0. The van der Waals surface area contributed by atoms with Crippen LogP contribution in [-0.4, -0.2) is 48.6 Å². The quantitative estimate of drug-likeness (QED) is 0.128. The SMILES string of the molecule is CN(C)c1cc(OCc2ccccc2)c(OCc2ccccc2)nn1.CNC.Clc1cc(OCc2ccccc2)c(OCc2ccccc2)nn1. The maximum atomic E-state index is 5.95. The zero-order valence-electron chi connectivity index (χ0n) is 29.3. The molecule has 0 unspecified atom stereocenters. The molecule has 2 aromatic heterocycles. The molecule has 0 saturated heterocycles. The predicted molar refractivity (Wildman–Crippen MR) is 201 cm³/mol. The Bertz CT molecular complexity index is 1840. The highest BCUT2D eigenvalue weighted by molar-refractivity contribution is 6.29. The van der Waals surface area contributed by atoms with Crippen molar-refractivity contribution in [3.8, 4) is 23.3 Å². The van der Waals surface area contributed by atoms with Crippen molar-refractivity contribution in [1.82, 2.24) is 25.7 Å². The van der Waals surface area contributed by atoms with Crippen LogP contribution in [0.5, 0.6) is 23.3 Å². The molecule has 0 aliphatic rings. The highest BCUT2D eigenvalue weighted by atomic mass is 35.5. The summed E-state index contributed by atoms with van der Waals surface area (Å²) in [4.78, 5) is 1.88. The van der Waals surface area contributed by atoms with Gasteiger partial charge in [-0.3, -0.25) is 0 Å². The van der Waals surface area contributed by atoms with E-state index in [1.807, 2.05) is 160 Å². The van der Waals surface area contributed by atoms with E-state index in [4.69, 9.17) is 30.5 Å².